The zero-order valence-corrected chi connectivity index (χ0v) is 9.87. The summed E-state index contributed by atoms with van der Waals surface area (Å²) in [5.41, 5.74) is 1.50. The van der Waals surface area contributed by atoms with E-state index in [-0.39, 0.29) is 17.2 Å². The number of aromatic nitrogens is 1. The van der Waals surface area contributed by atoms with Crippen LogP contribution in [0.25, 0.3) is 0 Å². The lowest BCUT2D eigenvalue weighted by Gasteiger charge is -2.05. The molecule has 2 rings (SSSR count). The summed E-state index contributed by atoms with van der Waals surface area (Å²) in [7, 11) is 0. The second-order valence-electron chi connectivity index (χ2n) is 3.83. The predicted molar refractivity (Wildman–Crippen MR) is 66.4 cm³/mol. The Morgan fingerprint density at radius 3 is 2.83 bits per heavy atom. The summed E-state index contributed by atoms with van der Waals surface area (Å²) in [6.07, 6.45) is 1.63. The van der Waals surface area contributed by atoms with E-state index < -0.39 is 0 Å². The molecule has 0 radical (unpaired) electrons. The Labute approximate surface area is 104 Å². The second kappa shape index (κ2) is 5.27. The highest BCUT2D eigenvalue weighted by Crippen LogP contribution is 2.20. The van der Waals surface area contributed by atoms with Crippen LogP contribution >= 0.6 is 0 Å². The Morgan fingerprint density at radius 2 is 2.17 bits per heavy atom. The molecular weight excluding hydrogens is 232 g/mol. The first-order valence-corrected chi connectivity index (χ1v) is 5.44. The maximum absolute atomic E-state index is 10.8. The van der Waals surface area contributed by atoms with Gasteiger partial charge in [-0.25, -0.2) is 4.98 Å². The molecule has 0 bridgehead atoms. The van der Waals surface area contributed by atoms with Crippen molar-refractivity contribution in [2.24, 2.45) is 0 Å². The molecule has 2 aromatic rings. The topological polar surface area (TPSA) is 65.3 Å². The first-order valence-electron chi connectivity index (χ1n) is 5.44. The second-order valence-corrected chi connectivity index (χ2v) is 3.83. The van der Waals surface area contributed by atoms with Gasteiger partial charge in [0.1, 0.15) is 6.61 Å². The van der Waals surface area contributed by atoms with E-state index >= 15 is 0 Å². The molecule has 1 aromatic carbocycles. The van der Waals surface area contributed by atoms with Crippen LogP contribution in [0.1, 0.15) is 11.1 Å². The normalized spacial score (nSPS) is 10.1. The van der Waals surface area contributed by atoms with Gasteiger partial charge in [0.15, 0.2) is 0 Å². The van der Waals surface area contributed by atoms with Gasteiger partial charge in [0.05, 0.1) is 4.92 Å². The van der Waals surface area contributed by atoms with Crippen molar-refractivity contribution >= 4 is 5.69 Å². The molecule has 0 amide bonds. The van der Waals surface area contributed by atoms with Gasteiger partial charge in [-0.1, -0.05) is 18.2 Å². The fraction of sp³-hybridized carbons (Fsp3) is 0.154. The Bertz CT molecular complexity index is 555. The SMILES string of the molecule is Cc1ccc(COc2ccccn2)cc1[N+](=O)[O-]. The summed E-state index contributed by atoms with van der Waals surface area (Å²) in [4.78, 5) is 14.4. The van der Waals surface area contributed by atoms with Crippen LogP contribution in [-0.2, 0) is 6.61 Å². The molecule has 0 fully saturated rings. The van der Waals surface area contributed by atoms with Gasteiger partial charge in [-0.15, -0.1) is 0 Å². The number of aryl methyl sites for hydroxylation is 1. The summed E-state index contributed by atoms with van der Waals surface area (Å²) < 4.78 is 5.43. The van der Waals surface area contributed by atoms with Crippen LogP contribution in [-0.4, -0.2) is 9.91 Å². The Morgan fingerprint density at radius 1 is 1.33 bits per heavy atom. The number of ether oxygens (including phenoxy) is 1. The molecule has 92 valence electrons. The van der Waals surface area contributed by atoms with Crippen LogP contribution in [0.2, 0.25) is 0 Å². The van der Waals surface area contributed by atoms with Gasteiger partial charge in [-0.2, -0.15) is 0 Å². The monoisotopic (exact) mass is 244 g/mol. The molecule has 0 N–H and O–H groups in total. The van der Waals surface area contributed by atoms with Crippen molar-refractivity contribution in [2.45, 2.75) is 13.5 Å². The number of nitrogens with zero attached hydrogens (tertiary/aromatic N) is 2. The van der Waals surface area contributed by atoms with Crippen molar-refractivity contribution in [3.05, 3.63) is 63.8 Å². The molecule has 0 aliphatic rings. The average Bonchev–Trinajstić information content (AvgIpc) is 2.38. The molecule has 0 saturated heterocycles. The molecular formula is C13H12N2O3. The molecule has 1 aromatic heterocycles. The van der Waals surface area contributed by atoms with E-state index in [9.17, 15) is 10.1 Å². The number of rotatable bonds is 4. The van der Waals surface area contributed by atoms with E-state index in [1.54, 1.807) is 31.3 Å². The van der Waals surface area contributed by atoms with Crippen molar-refractivity contribution in [1.29, 1.82) is 0 Å². The smallest absolute Gasteiger partial charge is 0.272 e. The Kier molecular flexibility index (Phi) is 3.52. The molecule has 5 nitrogen and oxygen atoms in total. The van der Waals surface area contributed by atoms with Crippen molar-refractivity contribution in [3.8, 4) is 5.88 Å². The van der Waals surface area contributed by atoms with Gasteiger partial charge < -0.3 is 4.74 Å². The van der Waals surface area contributed by atoms with Gasteiger partial charge in [0.2, 0.25) is 5.88 Å². The van der Waals surface area contributed by atoms with Crippen LogP contribution in [0.3, 0.4) is 0 Å². The molecule has 0 aliphatic carbocycles. The van der Waals surface area contributed by atoms with E-state index in [1.165, 1.54) is 6.07 Å². The summed E-state index contributed by atoms with van der Waals surface area (Å²) >= 11 is 0. The zero-order valence-electron chi connectivity index (χ0n) is 9.87. The zero-order chi connectivity index (χ0) is 13.0. The molecule has 18 heavy (non-hydrogen) atoms. The summed E-state index contributed by atoms with van der Waals surface area (Å²) in [6.45, 7) is 1.97. The molecule has 1 heterocycles. The highest BCUT2D eigenvalue weighted by Gasteiger charge is 2.11. The quantitative estimate of drug-likeness (QED) is 0.612. The van der Waals surface area contributed by atoms with Crippen molar-refractivity contribution < 1.29 is 9.66 Å². The van der Waals surface area contributed by atoms with E-state index in [0.717, 1.165) is 5.56 Å². The summed E-state index contributed by atoms with van der Waals surface area (Å²) in [5.74, 6) is 0.501. The maximum atomic E-state index is 10.8. The minimum atomic E-state index is -0.389. The molecule has 0 spiro atoms. The van der Waals surface area contributed by atoms with E-state index in [0.29, 0.717) is 11.4 Å². The average molecular weight is 244 g/mol. The highest BCUT2D eigenvalue weighted by molar-refractivity contribution is 5.42. The fourth-order valence-electron chi connectivity index (χ4n) is 1.53. The maximum Gasteiger partial charge on any atom is 0.272 e. The van der Waals surface area contributed by atoms with Gasteiger partial charge in [0.25, 0.3) is 5.69 Å². The largest absolute Gasteiger partial charge is 0.473 e. The van der Waals surface area contributed by atoms with Gasteiger partial charge in [-0.05, 0) is 18.6 Å². The summed E-state index contributed by atoms with van der Waals surface area (Å²) in [5, 5.41) is 10.8. The minimum Gasteiger partial charge on any atom is -0.473 e. The first-order chi connectivity index (χ1) is 8.66. The van der Waals surface area contributed by atoms with E-state index in [4.69, 9.17) is 4.74 Å². The molecule has 0 aliphatic heterocycles. The lowest BCUT2D eigenvalue weighted by Crippen LogP contribution is -1.99. The Hall–Kier alpha value is -2.43. The fourth-order valence-corrected chi connectivity index (χ4v) is 1.53. The van der Waals surface area contributed by atoms with E-state index in [1.807, 2.05) is 12.1 Å². The molecule has 0 saturated carbocycles. The van der Waals surface area contributed by atoms with Crippen LogP contribution in [0.4, 0.5) is 5.69 Å². The van der Waals surface area contributed by atoms with Gasteiger partial charge >= 0.3 is 0 Å². The molecule has 0 atom stereocenters. The van der Waals surface area contributed by atoms with Crippen molar-refractivity contribution in [1.82, 2.24) is 4.98 Å². The minimum absolute atomic E-state index is 0.108. The third kappa shape index (κ3) is 2.82. The standard InChI is InChI=1S/C13H12N2O3/c1-10-5-6-11(8-12(10)15(16)17)9-18-13-4-2-3-7-14-13/h2-8H,9H2,1H3. The third-order valence-electron chi connectivity index (χ3n) is 2.49. The number of nitro benzene ring substituents is 1. The van der Waals surface area contributed by atoms with E-state index in [2.05, 4.69) is 4.98 Å². The predicted octanol–water partition coefficient (Wildman–Crippen LogP) is 2.88. The Balaban J connectivity index is 2.11. The van der Waals surface area contributed by atoms with Crippen LogP contribution < -0.4 is 4.74 Å². The van der Waals surface area contributed by atoms with Crippen LogP contribution in [0, 0.1) is 17.0 Å². The van der Waals surface area contributed by atoms with Gasteiger partial charge in [0, 0.05) is 23.9 Å². The lowest BCUT2D eigenvalue weighted by atomic mass is 10.1. The number of pyridine rings is 1. The number of nitro groups is 1. The van der Waals surface area contributed by atoms with Gasteiger partial charge in [-0.3, -0.25) is 10.1 Å². The van der Waals surface area contributed by atoms with Crippen LogP contribution in [0.15, 0.2) is 42.6 Å². The number of benzene rings is 1. The lowest BCUT2D eigenvalue weighted by molar-refractivity contribution is -0.385. The first kappa shape index (κ1) is 12.0. The molecule has 5 heteroatoms. The van der Waals surface area contributed by atoms with Crippen molar-refractivity contribution in [3.63, 3.8) is 0 Å². The number of hydrogen-bond acceptors (Lipinski definition) is 4. The van der Waals surface area contributed by atoms with Crippen molar-refractivity contribution in [2.75, 3.05) is 0 Å². The molecule has 0 unspecified atom stereocenters. The third-order valence-corrected chi connectivity index (χ3v) is 2.49. The highest BCUT2D eigenvalue weighted by atomic mass is 16.6. The summed E-state index contributed by atoms with van der Waals surface area (Å²) in [6, 6.07) is 10.4. The van der Waals surface area contributed by atoms with Crippen LogP contribution in [0.5, 0.6) is 5.88 Å². The number of hydrogen-bond donors (Lipinski definition) is 0.